The van der Waals surface area contributed by atoms with Crippen molar-refractivity contribution in [1.29, 1.82) is 0 Å². The molecule has 17 heavy (non-hydrogen) atoms. The topological polar surface area (TPSA) is 50.2 Å². The number of pyridine rings is 1. The van der Waals surface area contributed by atoms with Crippen molar-refractivity contribution in [3.63, 3.8) is 0 Å². The van der Waals surface area contributed by atoms with Crippen LogP contribution in [0.15, 0.2) is 42.7 Å². The summed E-state index contributed by atoms with van der Waals surface area (Å²) in [5.74, 6) is -0.891. The molecule has 1 N–H and O–H groups in total. The van der Waals surface area contributed by atoms with Crippen molar-refractivity contribution >= 4 is 5.97 Å². The first-order valence-electron chi connectivity index (χ1n) is 5.38. The second-order valence-corrected chi connectivity index (χ2v) is 3.98. The zero-order valence-electron chi connectivity index (χ0n) is 9.55. The van der Waals surface area contributed by atoms with Crippen molar-refractivity contribution in [2.24, 2.45) is 0 Å². The average molecular weight is 227 g/mol. The van der Waals surface area contributed by atoms with Crippen LogP contribution < -0.4 is 0 Å². The molecule has 1 heterocycles. The van der Waals surface area contributed by atoms with E-state index in [9.17, 15) is 4.79 Å². The van der Waals surface area contributed by atoms with E-state index in [0.29, 0.717) is 12.0 Å². The molecule has 1 aromatic heterocycles. The Morgan fingerprint density at radius 2 is 2.18 bits per heavy atom. The maximum absolute atomic E-state index is 10.9. The SMILES string of the molecule is Cc1ccc(C(=O)O)cc1Cc1cccnc1. The summed E-state index contributed by atoms with van der Waals surface area (Å²) in [5, 5.41) is 8.95. The van der Waals surface area contributed by atoms with Crippen LogP contribution in [0, 0.1) is 6.92 Å². The van der Waals surface area contributed by atoms with Crippen LogP contribution in [0.3, 0.4) is 0 Å². The Labute approximate surface area is 99.8 Å². The Hall–Kier alpha value is -2.16. The summed E-state index contributed by atoms with van der Waals surface area (Å²) in [7, 11) is 0. The Kier molecular flexibility index (Phi) is 3.19. The molecule has 0 bridgehead atoms. The molecule has 0 saturated carbocycles. The van der Waals surface area contributed by atoms with Gasteiger partial charge in [-0.3, -0.25) is 4.98 Å². The fraction of sp³-hybridized carbons (Fsp3) is 0.143. The van der Waals surface area contributed by atoms with Crippen molar-refractivity contribution < 1.29 is 9.90 Å². The minimum Gasteiger partial charge on any atom is -0.478 e. The van der Waals surface area contributed by atoms with Crippen LogP contribution in [0.2, 0.25) is 0 Å². The number of carboxylic acids is 1. The zero-order chi connectivity index (χ0) is 12.3. The van der Waals surface area contributed by atoms with E-state index in [1.54, 1.807) is 24.5 Å². The van der Waals surface area contributed by atoms with Gasteiger partial charge in [-0.05, 0) is 48.2 Å². The molecule has 0 spiro atoms. The summed E-state index contributed by atoms with van der Waals surface area (Å²) < 4.78 is 0. The molecular weight excluding hydrogens is 214 g/mol. The molecule has 0 aliphatic rings. The minimum absolute atomic E-state index is 0.328. The monoisotopic (exact) mass is 227 g/mol. The molecule has 1 aromatic carbocycles. The van der Waals surface area contributed by atoms with Crippen molar-refractivity contribution in [2.75, 3.05) is 0 Å². The van der Waals surface area contributed by atoms with Crippen LogP contribution in [0.25, 0.3) is 0 Å². The maximum Gasteiger partial charge on any atom is 0.335 e. The first kappa shape index (κ1) is 11.3. The number of aryl methyl sites for hydroxylation is 1. The number of benzene rings is 1. The third-order valence-corrected chi connectivity index (χ3v) is 2.71. The van der Waals surface area contributed by atoms with Crippen LogP contribution in [0.4, 0.5) is 0 Å². The van der Waals surface area contributed by atoms with E-state index < -0.39 is 5.97 Å². The summed E-state index contributed by atoms with van der Waals surface area (Å²) in [5.41, 5.74) is 3.53. The number of carboxylic acid groups (broad SMARTS) is 1. The Morgan fingerprint density at radius 1 is 1.35 bits per heavy atom. The summed E-state index contributed by atoms with van der Waals surface area (Å²) in [6.45, 7) is 1.98. The highest BCUT2D eigenvalue weighted by Gasteiger charge is 2.06. The lowest BCUT2D eigenvalue weighted by molar-refractivity contribution is 0.0697. The number of hydrogen-bond donors (Lipinski definition) is 1. The molecule has 0 aliphatic heterocycles. The lowest BCUT2D eigenvalue weighted by atomic mass is 9.99. The molecule has 86 valence electrons. The third kappa shape index (κ3) is 2.69. The molecule has 0 radical (unpaired) electrons. The van der Waals surface area contributed by atoms with Crippen molar-refractivity contribution in [3.8, 4) is 0 Å². The van der Waals surface area contributed by atoms with Gasteiger partial charge in [0.25, 0.3) is 0 Å². The normalized spacial score (nSPS) is 10.2. The highest BCUT2D eigenvalue weighted by molar-refractivity contribution is 5.87. The summed E-state index contributed by atoms with van der Waals surface area (Å²) >= 11 is 0. The van der Waals surface area contributed by atoms with E-state index >= 15 is 0 Å². The van der Waals surface area contributed by atoms with Gasteiger partial charge < -0.3 is 5.11 Å². The van der Waals surface area contributed by atoms with Crippen LogP contribution >= 0.6 is 0 Å². The molecule has 0 amide bonds. The standard InChI is InChI=1S/C14H13NO2/c1-10-4-5-12(14(16)17)8-13(10)7-11-3-2-6-15-9-11/h2-6,8-9H,7H2,1H3,(H,16,17). The van der Waals surface area contributed by atoms with Gasteiger partial charge in [0.1, 0.15) is 0 Å². The number of nitrogens with zero attached hydrogens (tertiary/aromatic N) is 1. The van der Waals surface area contributed by atoms with E-state index in [1.807, 2.05) is 25.1 Å². The highest BCUT2D eigenvalue weighted by atomic mass is 16.4. The van der Waals surface area contributed by atoms with E-state index in [1.165, 1.54) is 0 Å². The lowest BCUT2D eigenvalue weighted by Crippen LogP contribution is -2.00. The number of hydrogen-bond acceptors (Lipinski definition) is 2. The van der Waals surface area contributed by atoms with Gasteiger partial charge in [-0.25, -0.2) is 4.79 Å². The highest BCUT2D eigenvalue weighted by Crippen LogP contribution is 2.15. The van der Waals surface area contributed by atoms with Crippen LogP contribution in [-0.2, 0) is 6.42 Å². The van der Waals surface area contributed by atoms with Crippen LogP contribution in [0.5, 0.6) is 0 Å². The quantitative estimate of drug-likeness (QED) is 0.877. The van der Waals surface area contributed by atoms with Gasteiger partial charge in [0.05, 0.1) is 5.56 Å². The average Bonchev–Trinajstić information content (AvgIpc) is 2.33. The molecule has 3 heteroatoms. The van der Waals surface area contributed by atoms with Crippen molar-refractivity contribution in [2.45, 2.75) is 13.3 Å². The fourth-order valence-electron chi connectivity index (χ4n) is 1.72. The lowest BCUT2D eigenvalue weighted by Gasteiger charge is -2.07. The van der Waals surface area contributed by atoms with Gasteiger partial charge in [-0.1, -0.05) is 12.1 Å². The molecule has 0 fully saturated rings. The van der Waals surface area contributed by atoms with Crippen molar-refractivity contribution in [1.82, 2.24) is 4.98 Å². The van der Waals surface area contributed by atoms with Gasteiger partial charge >= 0.3 is 5.97 Å². The zero-order valence-corrected chi connectivity index (χ0v) is 9.55. The molecule has 0 unspecified atom stereocenters. The second-order valence-electron chi connectivity index (χ2n) is 3.98. The number of aromatic carboxylic acids is 1. The Bertz CT molecular complexity index is 535. The second kappa shape index (κ2) is 4.78. The first-order valence-corrected chi connectivity index (χ1v) is 5.38. The van der Waals surface area contributed by atoms with E-state index in [4.69, 9.17) is 5.11 Å². The maximum atomic E-state index is 10.9. The largest absolute Gasteiger partial charge is 0.478 e. The van der Waals surface area contributed by atoms with Gasteiger partial charge in [0.2, 0.25) is 0 Å². The molecule has 0 aliphatic carbocycles. The molecule has 0 saturated heterocycles. The van der Waals surface area contributed by atoms with E-state index in [-0.39, 0.29) is 0 Å². The number of carbonyl (C=O) groups is 1. The van der Waals surface area contributed by atoms with Crippen LogP contribution in [-0.4, -0.2) is 16.1 Å². The van der Waals surface area contributed by atoms with Crippen molar-refractivity contribution in [3.05, 3.63) is 65.0 Å². The predicted molar refractivity (Wildman–Crippen MR) is 65.2 cm³/mol. The van der Waals surface area contributed by atoms with E-state index in [2.05, 4.69) is 4.98 Å². The molecular formula is C14H13NO2. The first-order chi connectivity index (χ1) is 8.16. The summed E-state index contributed by atoms with van der Waals surface area (Å²) in [4.78, 5) is 15.0. The fourth-order valence-corrected chi connectivity index (χ4v) is 1.72. The summed E-state index contributed by atoms with van der Waals surface area (Å²) in [6, 6.07) is 9.07. The summed E-state index contributed by atoms with van der Waals surface area (Å²) in [6.07, 6.45) is 4.23. The minimum atomic E-state index is -0.891. The third-order valence-electron chi connectivity index (χ3n) is 2.71. The molecule has 2 aromatic rings. The van der Waals surface area contributed by atoms with Gasteiger partial charge in [0, 0.05) is 12.4 Å². The predicted octanol–water partition coefficient (Wildman–Crippen LogP) is 2.68. The molecule has 0 atom stereocenters. The molecule has 3 nitrogen and oxygen atoms in total. The number of aromatic nitrogens is 1. The Balaban J connectivity index is 2.32. The van der Waals surface area contributed by atoms with Gasteiger partial charge in [0.15, 0.2) is 0 Å². The number of rotatable bonds is 3. The van der Waals surface area contributed by atoms with Crippen LogP contribution in [0.1, 0.15) is 27.0 Å². The van der Waals surface area contributed by atoms with Gasteiger partial charge in [-0.2, -0.15) is 0 Å². The molecule has 2 rings (SSSR count). The van der Waals surface area contributed by atoms with E-state index in [0.717, 1.165) is 16.7 Å². The van der Waals surface area contributed by atoms with Gasteiger partial charge in [-0.15, -0.1) is 0 Å². The smallest absolute Gasteiger partial charge is 0.335 e. The Morgan fingerprint density at radius 3 is 2.82 bits per heavy atom.